The lowest BCUT2D eigenvalue weighted by Crippen LogP contribution is -2.36. The molecule has 144 valence electrons. The number of nitrogens with one attached hydrogen (secondary N) is 1. The zero-order chi connectivity index (χ0) is 20.1. The van der Waals surface area contributed by atoms with E-state index in [1.165, 1.54) is 11.9 Å². The minimum Gasteiger partial charge on any atom is -0.358 e. The van der Waals surface area contributed by atoms with Gasteiger partial charge < -0.3 is 10.2 Å². The Balaban J connectivity index is 1.97. The summed E-state index contributed by atoms with van der Waals surface area (Å²) in [5.74, 6) is -0.506. The fraction of sp³-hybridized carbons (Fsp3) is 0.190. The van der Waals surface area contributed by atoms with Gasteiger partial charge in [-0.1, -0.05) is 54.1 Å². The van der Waals surface area contributed by atoms with Gasteiger partial charge in [-0.05, 0) is 17.7 Å². The number of halogens is 1. The first-order valence-corrected chi connectivity index (χ1v) is 9.19. The maximum Gasteiger partial charge on any atom is 0.257 e. The number of hydrogen-bond acceptors (Lipinski definition) is 3. The van der Waals surface area contributed by atoms with Crippen molar-refractivity contribution in [1.29, 1.82) is 0 Å². The number of aromatic nitrogens is 2. The first kappa shape index (κ1) is 19.6. The minimum atomic E-state index is -0.270. The Morgan fingerprint density at radius 2 is 1.79 bits per heavy atom. The fourth-order valence-corrected chi connectivity index (χ4v) is 2.95. The zero-order valence-electron chi connectivity index (χ0n) is 15.7. The van der Waals surface area contributed by atoms with Crippen LogP contribution in [-0.4, -0.2) is 47.1 Å². The third kappa shape index (κ3) is 4.58. The number of rotatable bonds is 6. The van der Waals surface area contributed by atoms with Crippen LogP contribution in [0.1, 0.15) is 15.9 Å². The summed E-state index contributed by atoms with van der Waals surface area (Å²) in [5.41, 5.74) is 2.85. The molecule has 0 atom stereocenters. The van der Waals surface area contributed by atoms with Gasteiger partial charge in [-0.3, -0.25) is 14.3 Å². The predicted octanol–water partition coefficient (Wildman–Crippen LogP) is 3.07. The standard InChI is InChI=1S/C21H21ClN4O2/c1-23-19(27)14-25(2)21(28)18-13-26(12-15-6-4-3-5-7-15)24-20(18)16-8-10-17(22)11-9-16/h3-11,13H,12,14H2,1-2H3,(H,23,27). The van der Waals surface area contributed by atoms with Gasteiger partial charge in [0.15, 0.2) is 0 Å². The average Bonchev–Trinajstić information content (AvgIpc) is 3.12. The number of hydrogen-bond donors (Lipinski definition) is 1. The molecule has 6 nitrogen and oxygen atoms in total. The third-order valence-corrected chi connectivity index (χ3v) is 4.56. The number of amides is 2. The second-order valence-corrected chi connectivity index (χ2v) is 6.85. The molecule has 0 fully saturated rings. The lowest BCUT2D eigenvalue weighted by atomic mass is 10.1. The molecule has 2 amide bonds. The molecule has 28 heavy (non-hydrogen) atoms. The largest absolute Gasteiger partial charge is 0.358 e. The molecule has 0 saturated carbocycles. The van der Waals surface area contributed by atoms with E-state index < -0.39 is 0 Å². The van der Waals surface area contributed by atoms with Crippen molar-refractivity contribution in [2.45, 2.75) is 6.54 Å². The molecule has 0 aliphatic carbocycles. The molecule has 3 rings (SSSR count). The first-order chi connectivity index (χ1) is 13.5. The molecule has 2 aromatic carbocycles. The van der Waals surface area contributed by atoms with Crippen molar-refractivity contribution >= 4 is 23.4 Å². The molecule has 0 aliphatic heterocycles. The number of likely N-dealkylation sites (N-methyl/N-ethyl adjacent to an activating group) is 2. The third-order valence-electron chi connectivity index (χ3n) is 4.30. The molecule has 0 aliphatic rings. The van der Waals surface area contributed by atoms with Crippen molar-refractivity contribution in [1.82, 2.24) is 20.0 Å². The van der Waals surface area contributed by atoms with Crippen LogP contribution in [0.3, 0.4) is 0 Å². The van der Waals surface area contributed by atoms with Crippen LogP contribution < -0.4 is 5.32 Å². The van der Waals surface area contributed by atoms with Crippen LogP contribution in [0.15, 0.2) is 60.8 Å². The molecule has 1 N–H and O–H groups in total. The zero-order valence-corrected chi connectivity index (χ0v) is 16.5. The number of carbonyl (C=O) groups is 2. The summed E-state index contributed by atoms with van der Waals surface area (Å²) in [5, 5.41) is 7.77. The normalized spacial score (nSPS) is 10.5. The summed E-state index contributed by atoms with van der Waals surface area (Å²) in [6.07, 6.45) is 1.72. The molecule has 0 bridgehead atoms. The Hall–Kier alpha value is -3.12. The summed E-state index contributed by atoms with van der Waals surface area (Å²) >= 11 is 5.99. The topological polar surface area (TPSA) is 67.2 Å². The van der Waals surface area contributed by atoms with E-state index in [9.17, 15) is 9.59 Å². The van der Waals surface area contributed by atoms with E-state index in [0.29, 0.717) is 22.8 Å². The maximum absolute atomic E-state index is 13.0. The van der Waals surface area contributed by atoms with Crippen LogP contribution >= 0.6 is 11.6 Å². The second-order valence-electron chi connectivity index (χ2n) is 6.42. The molecule has 0 radical (unpaired) electrons. The average molecular weight is 397 g/mol. The molecule has 1 heterocycles. The monoisotopic (exact) mass is 396 g/mol. The van der Waals surface area contributed by atoms with Crippen LogP contribution in [0.5, 0.6) is 0 Å². The molecular formula is C21H21ClN4O2. The van der Waals surface area contributed by atoms with Crippen LogP contribution in [0.4, 0.5) is 0 Å². The van der Waals surface area contributed by atoms with Gasteiger partial charge in [-0.25, -0.2) is 0 Å². The number of benzene rings is 2. The first-order valence-electron chi connectivity index (χ1n) is 8.81. The number of carbonyl (C=O) groups excluding carboxylic acids is 2. The Morgan fingerprint density at radius 3 is 2.43 bits per heavy atom. The van der Waals surface area contributed by atoms with Gasteiger partial charge in [-0.15, -0.1) is 0 Å². The Labute approximate surface area is 168 Å². The number of nitrogens with zero attached hydrogens (tertiary/aromatic N) is 3. The lowest BCUT2D eigenvalue weighted by Gasteiger charge is -2.15. The van der Waals surface area contributed by atoms with E-state index >= 15 is 0 Å². The Kier molecular flexibility index (Phi) is 6.11. The van der Waals surface area contributed by atoms with Gasteiger partial charge in [0.1, 0.15) is 5.69 Å². The van der Waals surface area contributed by atoms with Crippen molar-refractivity contribution in [2.75, 3.05) is 20.6 Å². The van der Waals surface area contributed by atoms with Gasteiger partial charge in [0, 0.05) is 30.9 Å². The molecule has 0 spiro atoms. The van der Waals surface area contributed by atoms with Gasteiger partial charge in [0.2, 0.25) is 5.91 Å². The minimum absolute atomic E-state index is 0.0285. The van der Waals surface area contributed by atoms with E-state index in [2.05, 4.69) is 10.4 Å². The lowest BCUT2D eigenvalue weighted by molar-refractivity contribution is -0.121. The van der Waals surface area contributed by atoms with Gasteiger partial charge in [-0.2, -0.15) is 5.10 Å². The van der Waals surface area contributed by atoms with E-state index in [4.69, 9.17) is 11.6 Å². The summed E-state index contributed by atoms with van der Waals surface area (Å²) in [6.45, 7) is 0.507. The van der Waals surface area contributed by atoms with E-state index in [1.54, 1.807) is 30.1 Å². The van der Waals surface area contributed by atoms with E-state index in [-0.39, 0.29) is 18.4 Å². The van der Waals surface area contributed by atoms with Gasteiger partial charge in [0.25, 0.3) is 5.91 Å². The molecule has 0 unspecified atom stereocenters. The Bertz CT molecular complexity index is 968. The van der Waals surface area contributed by atoms with Crippen molar-refractivity contribution in [2.24, 2.45) is 0 Å². The van der Waals surface area contributed by atoms with Crippen molar-refractivity contribution in [3.8, 4) is 11.3 Å². The molecule has 0 saturated heterocycles. The summed E-state index contributed by atoms with van der Waals surface area (Å²) in [6, 6.07) is 17.1. The molecule has 1 aromatic heterocycles. The van der Waals surface area contributed by atoms with Crippen molar-refractivity contribution in [3.63, 3.8) is 0 Å². The highest BCUT2D eigenvalue weighted by Crippen LogP contribution is 2.25. The smallest absolute Gasteiger partial charge is 0.257 e. The molecule has 7 heteroatoms. The van der Waals surface area contributed by atoms with Crippen molar-refractivity contribution in [3.05, 3.63) is 76.9 Å². The molecule has 3 aromatic rings. The fourth-order valence-electron chi connectivity index (χ4n) is 2.82. The quantitative estimate of drug-likeness (QED) is 0.696. The van der Waals surface area contributed by atoms with Crippen LogP contribution in [0, 0.1) is 0 Å². The SMILES string of the molecule is CNC(=O)CN(C)C(=O)c1cn(Cc2ccccc2)nc1-c1ccc(Cl)cc1. The van der Waals surface area contributed by atoms with Crippen LogP contribution in [0.25, 0.3) is 11.3 Å². The van der Waals surface area contributed by atoms with E-state index in [1.807, 2.05) is 42.5 Å². The van der Waals surface area contributed by atoms with Crippen LogP contribution in [-0.2, 0) is 11.3 Å². The summed E-state index contributed by atoms with van der Waals surface area (Å²) < 4.78 is 1.74. The van der Waals surface area contributed by atoms with Crippen LogP contribution in [0.2, 0.25) is 5.02 Å². The summed E-state index contributed by atoms with van der Waals surface area (Å²) in [7, 11) is 3.13. The Morgan fingerprint density at radius 1 is 1.11 bits per heavy atom. The second kappa shape index (κ2) is 8.71. The molecular weight excluding hydrogens is 376 g/mol. The highest BCUT2D eigenvalue weighted by atomic mass is 35.5. The highest BCUT2D eigenvalue weighted by molar-refractivity contribution is 6.30. The van der Waals surface area contributed by atoms with Crippen molar-refractivity contribution < 1.29 is 9.59 Å². The summed E-state index contributed by atoms with van der Waals surface area (Å²) in [4.78, 5) is 26.0. The van der Waals surface area contributed by atoms with E-state index in [0.717, 1.165) is 11.1 Å². The maximum atomic E-state index is 13.0. The predicted molar refractivity (Wildman–Crippen MR) is 109 cm³/mol. The van der Waals surface area contributed by atoms with Gasteiger partial charge >= 0.3 is 0 Å². The highest BCUT2D eigenvalue weighted by Gasteiger charge is 2.22. The van der Waals surface area contributed by atoms with Gasteiger partial charge in [0.05, 0.1) is 18.7 Å².